The van der Waals surface area contributed by atoms with Gasteiger partial charge in [-0.3, -0.25) is 4.79 Å². The van der Waals surface area contributed by atoms with E-state index >= 15 is 0 Å². The van der Waals surface area contributed by atoms with Crippen LogP contribution >= 0.6 is 11.6 Å². The van der Waals surface area contributed by atoms with E-state index in [2.05, 4.69) is 49.2 Å². The summed E-state index contributed by atoms with van der Waals surface area (Å²) in [6, 6.07) is 9.27. The van der Waals surface area contributed by atoms with Crippen LogP contribution in [0.25, 0.3) is 11.0 Å². The van der Waals surface area contributed by atoms with Crippen LogP contribution in [0.2, 0.25) is 5.02 Å². The quantitative estimate of drug-likeness (QED) is 0.305. The molecule has 1 saturated heterocycles. The van der Waals surface area contributed by atoms with Gasteiger partial charge in [-0.2, -0.15) is 0 Å². The van der Waals surface area contributed by atoms with E-state index < -0.39 is 17.2 Å². The normalized spacial score (nSPS) is 16.0. The zero-order valence-electron chi connectivity index (χ0n) is 24.7. The second kappa shape index (κ2) is 13.1. The van der Waals surface area contributed by atoms with Gasteiger partial charge in [0.15, 0.2) is 0 Å². The van der Waals surface area contributed by atoms with E-state index in [-0.39, 0.29) is 11.9 Å². The van der Waals surface area contributed by atoms with Crippen molar-refractivity contribution in [2.45, 2.75) is 71.1 Å². The van der Waals surface area contributed by atoms with E-state index in [4.69, 9.17) is 16.3 Å². The van der Waals surface area contributed by atoms with E-state index in [1.54, 1.807) is 0 Å². The average Bonchev–Trinajstić information content (AvgIpc) is 3.42. The summed E-state index contributed by atoms with van der Waals surface area (Å²) in [4.78, 5) is 43.6. The number of H-pyrrole nitrogens is 1. The predicted octanol–water partition coefficient (Wildman–Crippen LogP) is 5.06. The summed E-state index contributed by atoms with van der Waals surface area (Å²) < 4.78 is 5.60. The van der Waals surface area contributed by atoms with Gasteiger partial charge in [-0.25, -0.2) is 14.8 Å². The van der Waals surface area contributed by atoms with Crippen LogP contribution in [0.1, 0.15) is 65.5 Å². The predicted molar refractivity (Wildman–Crippen MR) is 162 cm³/mol. The van der Waals surface area contributed by atoms with E-state index in [1.807, 2.05) is 57.3 Å². The summed E-state index contributed by atoms with van der Waals surface area (Å²) in [6.07, 6.45) is 4.25. The molecule has 3 N–H and O–H groups in total. The number of piperidine rings is 1. The van der Waals surface area contributed by atoms with Gasteiger partial charge in [0, 0.05) is 30.9 Å². The first-order chi connectivity index (χ1) is 19.5. The van der Waals surface area contributed by atoms with E-state index in [0.29, 0.717) is 31.0 Å². The zero-order valence-corrected chi connectivity index (χ0v) is 25.4. The Hall–Kier alpha value is -3.37. The van der Waals surface area contributed by atoms with Crippen molar-refractivity contribution in [1.29, 1.82) is 0 Å². The number of halogens is 1. The summed E-state index contributed by atoms with van der Waals surface area (Å²) >= 11 is 6.17. The monoisotopic (exact) mass is 583 g/mol. The van der Waals surface area contributed by atoms with Crippen LogP contribution in [0.3, 0.4) is 0 Å². The Morgan fingerprint density at radius 2 is 1.80 bits per heavy atom. The lowest BCUT2D eigenvalue weighted by atomic mass is 9.85. The van der Waals surface area contributed by atoms with Crippen LogP contribution in [-0.2, 0) is 9.53 Å². The Bertz CT molecular complexity index is 1310. The van der Waals surface area contributed by atoms with Gasteiger partial charge in [0.25, 0.3) is 0 Å². The van der Waals surface area contributed by atoms with Crippen molar-refractivity contribution in [1.82, 2.24) is 30.5 Å². The minimum Gasteiger partial charge on any atom is -0.444 e. The number of aromatic amines is 1. The van der Waals surface area contributed by atoms with Crippen molar-refractivity contribution in [3.05, 3.63) is 53.4 Å². The maximum absolute atomic E-state index is 14.2. The highest BCUT2D eigenvalue weighted by molar-refractivity contribution is 6.30. The topological polar surface area (TPSA) is 115 Å². The van der Waals surface area contributed by atoms with Crippen molar-refractivity contribution >= 4 is 40.5 Å². The fourth-order valence-corrected chi connectivity index (χ4v) is 5.41. The largest absolute Gasteiger partial charge is 0.444 e. The maximum atomic E-state index is 14.2. The molecule has 0 radical (unpaired) electrons. The molecule has 1 fully saturated rings. The van der Waals surface area contributed by atoms with Crippen molar-refractivity contribution < 1.29 is 14.3 Å². The number of aromatic nitrogens is 3. The van der Waals surface area contributed by atoms with Gasteiger partial charge in [0.1, 0.15) is 28.9 Å². The summed E-state index contributed by atoms with van der Waals surface area (Å²) in [5.41, 5.74) is -0.117. The Kier molecular flexibility index (Phi) is 9.76. The Morgan fingerprint density at radius 3 is 2.44 bits per heavy atom. The lowest BCUT2D eigenvalue weighted by Gasteiger charge is -2.42. The number of ether oxygens (including phenoxy) is 1. The van der Waals surface area contributed by atoms with Gasteiger partial charge in [0.05, 0.1) is 11.4 Å². The van der Waals surface area contributed by atoms with E-state index in [1.165, 1.54) is 6.33 Å². The highest BCUT2D eigenvalue weighted by Crippen LogP contribution is 2.31. The highest BCUT2D eigenvalue weighted by Gasteiger charge is 2.45. The number of hydrogen-bond acceptors (Lipinski definition) is 7. The second-order valence-electron chi connectivity index (χ2n) is 11.5. The molecule has 11 heteroatoms. The molecule has 0 spiro atoms. The standard InChI is InChI=1S/C30H42ClN7O3/c1-6-37(7-2)17-13-24(21-8-10-22(31)11-9-21)35-27(39)30(36-28(40)41-29(3,4)5)14-18-38(19-15-30)26-23-12-16-32-25(23)33-20-34-26/h8-12,16,20,24H,6-7,13-15,17-19H2,1-5H3,(H,35,39)(H,36,40)(H,32,33,34). The third-order valence-corrected chi connectivity index (χ3v) is 7.88. The summed E-state index contributed by atoms with van der Waals surface area (Å²) in [5.74, 6) is 0.581. The van der Waals surface area contributed by atoms with Crippen molar-refractivity contribution in [3.63, 3.8) is 0 Å². The number of hydrogen-bond donors (Lipinski definition) is 3. The number of fused-ring (bicyclic) bond motifs is 1. The lowest BCUT2D eigenvalue weighted by molar-refractivity contribution is -0.129. The molecule has 222 valence electrons. The number of rotatable bonds is 10. The van der Waals surface area contributed by atoms with Crippen LogP contribution in [-0.4, -0.2) is 75.7 Å². The molecular formula is C30H42ClN7O3. The number of amides is 2. The molecule has 2 amide bonds. The third-order valence-electron chi connectivity index (χ3n) is 7.63. The summed E-state index contributed by atoms with van der Waals surface area (Å²) in [7, 11) is 0. The molecule has 4 rings (SSSR count). The van der Waals surface area contributed by atoms with Gasteiger partial charge in [0.2, 0.25) is 5.91 Å². The first-order valence-electron chi connectivity index (χ1n) is 14.4. The Morgan fingerprint density at radius 1 is 1.12 bits per heavy atom. The fraction of sp³-hybridized carbons (Fsp3) is 0.533. The molecule has 10 nitrogen and oxygen atoms in total. The van der Waals surface area contributed by atoms with Crippen LogP contribution in [0, 0.1) is 0 Å². The molecular weight excluding hydrogens is 542 g/mol. The molecule has 3 aromatic rings. The fourth-order valence-electron chi connectivity index (χ4n) is 5.28. The Labute approximate surface area is 247 Å². The van der Waals surface area contributed by atoms with Crippen LogP contribution in [0.15, 0.2) is 42.9 Å². The Balaban J connectivity index is 1.58. The summed E-state index contributed by atoms with van der Waals surface area (Å²) in [6.45, 7) is 13.4. The molecule has 0 saturated carbocycles. The third kappa shape index (κ3) is 7.68. The smallest absolute Gasteiger partial charge is 0.408 e. The van der Waals surface area contributed by atoms with Gasteiger partial charge in [-0.15, -0.1) is 0 Å². The number of anilines is 1. The molecule has 1 aliphatic heterocycles. The highest BCUT2D eigenvalue weighted by atomic mass is 35.5. The molecule has 1 atom stereocenters. The average molecular weight is 584 g/mol. The second-order valence-corrected chi connectivity index (χ2v) is 12.0. The van der Waals surface area contributed by atoms with E-state index in [0.717, 1.165) is 48.5 Å². The molecule has 1 aliphatic rings. The first-order valence-corrected chi connectivity index (χ1v) is 14.7. The van der Waals surface area contributed by atoms with Crippen LogP contribution < -0.4 is 15.5 Å². The molecule has 0 bridgehead atoms. The minimum absolute atomic E-state index is 0.225. The van der Waals surface area contributed by atoms with E-state index in [9.17, 15) is 9.59 Å². The number of nitrogens with one attached hydrogen (secondary N) is 3. The van der Waals surface area contributed by atoms with Gasteiger partial charge in [-0.1, -0.05) is 37.6 Å². The van der Waals surface area contributed by atoms with Crippen LogP contribution in [0.5, 0.6) is 0 Å². The SMILES string of the molecule is CCN(CC)CCC(NC(=O)C1(NC(=O)OC(C)(C)C)CCN(c2ncnc3[nH]ccc23)CC1)c1ccc(Cl)cc1. The molecule has 1 unspecified atom stereocenters. The number of carbonyl (C=O) groups is 2. The van der Waals surface area contributed by atoms with Crippen LogP contribution in [0.4, 0.5) is 10.6 Å². The first kappa shape index (κ1) is 30.6. The number of benzene rings is 1. The number of nitrogens with zero attached hydrogens (tertiary/aromatic N) is 4. The molecule has 0 aliphatic carbocycles. The molecule has 3 heterocycles. The number of carbonyl (C=O) groups excluding carboxylic acids is 2. The maximum Gasteiger partial charge on any atom is 0.408 e. The van der Waals surface area contributed by atoms with Gasteiger partial charge < -0.3 is 30.2 Å². The molecule has 2 aromatic heterocycles. The molecule has 1 aromatic carbocycles. The van der Waals surface area contributed by atoms with Crippen molar-refractivity contribution in [2.24, 2.45) is 0 Å². The number of alkyl carbamates (subject to hydrolysis) is 1. The van der Waals surface area contributed by atoms with Crippen molar-refractivity contribution in [2.75, 3.05) is 37.6 Å². The van der Waals surface area contributed by atoms with Crippen molar-refractivity contribution in [3.8, 4) is 0 Å². The minimum atomic E-state index is -1.15. The molecule has 41 heavy (non-hydrogen) atoms. The lowest BCUT2D eigenvalue weighted by Crippen LogP contribution is -2.64. The van der Waals surface area contributed by atoms with Gasteiger partial charge in [-0.05, 0) is 76.9 Å². The summed E-state index contributed by atoms with van der Waals surface area (Å²) in [5, 5.41) is 7.82. The van der Waals surface area contributed by atoms with Gasteiger partial charge >= 0.3 is 6.09 Å². The zero-order chi connectivity index (χ0) is 29.6.